The molecule has 0 saturated heterocycles. The van der Waals surface area contributed by atoms with Crippen LogP contribution >= 0.6 is 0 Å². The highest BCUT2D eigenvalue weighted by Crippen LogP contribution is 2.41. The molecule has 2 aromatic carbocycles. The minimum atomic E-state index is -0.325. The number of ether oxygens (including phenoxy) is 1. The van der Waals surface area contributed by atoms with Gasteiger partial charge in [-0.15, -0.1) is 0 Å². The largest absolute Gasteiger partial charge is 0.454 e. The minimum absolute atomic E-state index is 0.0296. The summed E-state index contributed by atoms with van der Waals surface area (Å²) in [6.07, 6.45) is 0. The van der Waals surface area contributed by atoms with E-state index in [1.54, 1.807) is 4.90 Å². The third-order valence-electron chi connectivity index (χ3n) is 3.32. The van der Waals surface area contributed by atoms with Crippen molar-refractivity contribution in [1.29, 1.82) is 0 Å². The third kappa shape index (κ3) is 1.95. The summed E-state index contributed by atoms with van der Waals surface area (Å²) in [5.74, 6) is 1.29. The summed E-state index contributed by atoms with van der Waals surface area (Å²) in [7, 11) is 0. The van der Waals surface area contributed by atoms with Crippen molar-refractivity contribution >= 4 is 11.6 Å². The van der Waals surface area contributed by atoms with Gasteiger partial charge in [-0.2, -0.15) is 0 Å². The molecule has 1 heterocycles. The number of rotatable bonds is 0. The van der Waals surface area contributed by atoms with Crippen LogP contribution in [0.4, 0.5) is 5.69 Å². The van der Waals surface area contributed by atoms with Gasteiger partial charge in [0.1, 0.15) is 5.75 Å². The quantitative estimate of drug-likeness (QED) is 0.714. The molecule has 3 heteroatoms. The molecule has 0 fully saturated rings. The molecule has 0 aromatic heterocycles. The molecule has 3 rings (SSSR count). The monoisotopic (exact) mass is 267 g/mol. The molecule has 2 aromatic rings. The molecule has 0 saturated carbocycles. The van der Waals surface area contributed by atoms with E-state index >= 15 is 0 Å². The number of carbonyl (C=O) groups excluding carboxylic acids is 1. The normalized spacial score (nSPS) is 14.2. The Balaban J connectivity index is 2.27. The van der Waals surface area contributed by atoms with Gasteiger partial charge >= 0.3 is 0 Å². The fourth-order valence-electron chi connectivity index (χ4n) is 2.47. The lowest BCUT2D eigenvalue weighted by Gasteiger charge is -2.35. The first-order chi connectivity index (χ1) is 9.48. The maximum Gasteiger partial charge on any atom is 0.262 e. The molecule has 0 spiro atoms. The van der Waals surface area contributed by atoms with E-state index in [1.165, 1.54) is 0 Å². The Morgan fingerprint density at radius 1 is 0.900 bits per heavy atom. The number of hydrogen-bond donors (Lipinski definition) is 0. The van der Waals surface area contributed by atoms with Crippen molar-refractivity contribution in [3.63, 3.8) is 0 Å². The molecule has 1 amide bonds. The van der Waals surface area contributed by atoms with Gasteiger partial charge in [-0.1, -0.05) is 24.3 Å². The average molecular weight is 267 g/mol. The number of anilines is 1. The summed E-state index contributed by atoms with van der Waals surface area (Å²) in [6, 6.07) is 15.0. The predicted octanol–water partition coefficient (Wildman–Crippen LogP) is 4.24. The second-order valence-corrected chi connectivity index (χ2v) is 5.88. The molecule has 0 unspecified atom stereocenters. The van der Waals surface area contributed by atoms with E-state index in [-0.39, 0.29) is 11.4 Å². The zero-order chi connectivity index (χ0) is 14.3. The van der Waals surface area contributed by atoms with E-state index in [2.05, 4.69) is 0 Å². The average Bonchev–Trinajstić information content (AvgIpc) is 2.52. The van der Waals surface area contributed by atoms with Gasteiger partial charge in [0, 0.05) is 5.54 Å². The fourth-order valence-corrected chi connectivity index (χ4v) is 2.47. The van der Waals surface area contributed by atoms with Gasteiger partial charge in [0.05, 0.1) is 11.3 Å². The highest BCUT2D eigenvalue weighted by molar-refractivity contribution is 6.10. The van der Waals surface area contributed by atoms with Crippen LogP contribution in [0.3, 0.4) is 0 Å². The van der Waals surface area contributed by atoms with Crippen LogP contribution in [0.2, 0.25) is 0 Å². The molecule has 20 heavy (non-hydrogen) atoms. The molecule has 3 nitrogen and oxygen atoms in total. The van der Waals surface area contributed by atoms with Crippen LogP contribution in [0, 0.1) is 0 Å². The van der Waals surface area contributed by atoms with Crippen LogP contribution in [-0.4, -0.2) is 11.4 Å². The van der Waals surface area contributed by atoms with E-state index < -0.39 is 0 Å². The van der Waals surface area contributed by atoms with E-state index in [0.29, 0.717) is 17.1 Å². The summed E-state index contributed by atoms with van der Waals surface area (Å²) in [5, 5.41) is 0. The maximum absolute atomic E-state index is 12.9. The number of benzene rings is 2. The van der Waals surface area contributed by atoms with Gasteiger partial charge in [-0.3, -0.25) is 9.69 Å². The summed E-state index contributed by atoms with van der Waals surface area (Å²) in [6.45, 7) is 6.07. The Morgan fingerprint density at radius 2 is 1.50 bits per heavy atom. The lowest BCUT2D eigenvalue weighted by Crippen LogP contribution is -2.45. The van der Waals surface area contributed by atoms with Crippen LogP contribution in [0.15, 0.2) is 48.5 Å². The van der Waals surface area contributed by atoms with Gasteiger partial charge in [0.25, 0.3) is 5.91 Å². The molecular formula is C17H17NO2. The summed E-state index contributed by atoms with van der Waals surface area (Å²) < 4.78 is 5.94. The molecule has 0 atom stereocenters. The number of nitrogens with zero attached hydrogens (tertiary/aromatic N) is 1. The van der Waals surface area contributed by atoms with E-state index in [9.17, 15) is 4.79 Å². The van der Waals surface area contributed by atoms with Crippen molar-refractivity contribution in [2.24, 2.45) is 0 Å². The minimum Gasteiger partial charge on any atom is -0.454 e. The van der Waals surface area contributed by atoms with Crippen LogP contribution in [-0.2, 0) is 0 Å². The van der Waals surface area contributed by atoms with Crippen LogP contribution in [0.25, 0.3) is 0 Å². The number of fused-ring (bicyclic) bond motifs is 2. The first-order valence-corrected chi connectivity index (χ1v) is 6.69. The van der Waals surface area contributed by atoms with Gasteiger partial charge in [-0.05, 0) is 45.0 Å². The van der Waals surface area contributed by atoms with Crippen LogP contribution in [0.1, 0.15) is 31.1 Å². The highest BCUT2D eigenvalue weighted by atomic mass is 16.5. The van der Waals surface area contributed by atoms with Crippen molar-refractivity contribution in [3.05, 3.63) is 54.1 Å². The first kappa shape index (κ1) is 12.7. The molecule has 102 valence electrons. The standard InChI is InChI=1S/C17H17NO2/c1-17(2,3)18-13-9-5-7-11-15(13)20-14-10-6-4-8-12(14)16(18)19/h4-11H,1-3H3. The predicted molar refractivity (Wildman–Crippen MR) is 79.5 cm³/mol. The second-order valence-electron chi connectivity index (χ2n) is 5.88. The molecular weight excluding hydrogens is 250 g/mol. The van der Waals surface area contributed by atoms with Crippen LogP contribution in [0.5, 0.6) is 11.5 Å². The van der Waals surface area contributed by atoms with E-state index in [0.717, 1.165) is 5.69 Å². The molecule has 0 N–H and O–H groups in total. The fraction of sp³-hybridized carbons (Fsp3) is 0.235. The van der Waals surface area contributed by atoms with Crippen molar-refractivity contribution in [2.45, 2.75) is 26.3 Å². The Bertz CT molecular complexity index is 671. The number of hydrogen-bond acceptors (Lipinski definition) is 2. The Labute approximate surface area is 118 Å². The molecule has 0 radical (unpaired) electrons. The van der Waals surface area contributed by atoms with Gasteiger partial charge in [-0.25, -0.2) is 0 Å². The van der Waals surface area contributed by atoms with Gasteiger partial charge < -0.3 is 4.74 Å². The first-order valence-electron chi connectivity index (χ1n) is 6.69. The molecule has 1 aliphatic heterocycles. The maximum atomic E-state index is 12.9. The van der Waals surface area contributed by atoms with Crippen molar-refractivity contribution in [1.82, 2.24) is 0 Å². The SMILES string of the molecule is CC(C)(C)N1C(=O)c2ccccc2Oc2ccccc21. The zero-order valence-electron chi connectivity index (χ0n) is 11.9. The lowest BCUT2D eigenvalue weighted by atomic mass is 10.0. The zero-order valence-corrected chi connectivity index (χ0v) is 11.9. The third-order valence-corrected chi connectivity index (χ3v) is 3.32. The lowest BCUT2D eigenvalue weighted by molar-refractivity contribution is 0.0966. The van der Waals surface area contributed by atoms with E-state index in [1.807, 2.05) is 69.3 Å². The van der Waals surface area contributed by atoms with Gasteiger partial charge in [0.2, 0.25) is 0 Å². The number of para-hydroxylation sites is 3. The Morgan fingerprint density at radius 3 is 2.20 bits per heavy atom. The molecule has 0 bridgehead atoms. The van der Waals surface area contributed by atoms with Crippen molar-refractivity contribution in [3.8, 4) is 11.5 Å². The van der Waals surface area contributed by atoms with Crippen molar-refractivity contribution in [2.75, 3.05) is 4.90 Å². The summed E-state index contributed by atoms with van der Waals surface area (Å²) >= 11 is 0. The Hall–Kier alpha value is -2.29. The Kier molecular flexibility index (Phi) is 2.78. The molecule has 1 aliphatic rings. The van der Waals surface area contributed by atoms with Gasteiger partial charge in [0.15, 0.2) is 5.75 Å². The number of carbonyl (C=O) groups is 1. The second kappa shape index (κ2) is 4.37. The highest BCUT2D eigenvalue weighted by Gasteiger charge is 2.34. The van der Waals surface area contributed by atoms with Crippen LogP contribution < -0.4 is 9.64 Å². The molecule has 0 aliphatic carbocycles. The summed E-state index contributed by atoms with van der Waals surface area (Å²) in [5.41, 5.74) is 1.08. The van der Waals surface area contributed by atoms with E-state index in [4.69, 9.17) is 4.74 Å². The topological polar surface area (TPSA) is 29.5 Å². The summed E-state index contributed by atoms with van der Waals surface area (Å²) in [4.78, 5) is 14.7. The number of amides is 1. The van der Waals surface area contributed by atoms with Crippen molar-refractivity contribution < 1.29 is 9.53 Å². The smallest absolute Gasteiger partial charge is 0.262 e.